The van der Waals surface area contributed by atoms with E-state index < -0.39 is 0 Å². The van der Waals surface area contributed by atoms with Crippen LogP contribution in [0.2, 0.25) is 0 Å². The van der Waals surface area contributed by atoms with E-state index in [9.17, 15) is 0 Å². The first-order valence-corrected chi connectivity index (χ1v) is 7.43. The van der Waals surface area contributed by atoms with Gasteiger partial charge in [0.05, 0.1) is 6.33 Å². The molecule has 3 nitrogen and oxygen atoms in total. The number of hydrogen-bond donors (Lipinski definition) is 1. The van der Waals surface area contributed by atoms with Gasteiger partial charge in [-0.2, -0.15) is 0 Å². The zero-order valence-corrected chi connectivity index (χ0v) is 11.8. The van der Waals surface area contributed by atoms with Gasteiger partial charge in [-0.05, 0) is 50.5 Å². The molecule has 0 amide bonds. The third kappa shape index (κ3) is 4.45. The van der Waals surface area contributed by atoms with Crippen LogP contribution in [0, 0.1) is 11.8 Å². The highest BCUT2D eigenvalue weighted by molar-refractivity contribution is 4.79. The van der Waals surface area contributed by atoms with Crippen molar-refractivity contribution in [3.8, 4) is 0 Å². The zero-order chi connectivity index (χ0) is 12.8. The summed E-state index contributed by atoms with van der Waals surface area (Å²) in [7, 11) is 0. The van der Waals surface area contributed by atoms with Crippen molar-refractivity contribution in [3.05, 3.63) is 18.7 Å². The minimum Gasteiger partial charge on any atom is -0.337 e. The number of aryl methyl sites for hydroxylation is 1. The number of nitrogens with zero attached hydrogens (tertiary/aromatic N) is 2. The molecule has 0 saturated heterocycles. The highest BCUT2D eigenvalue weighted by Gasteiger charge is 2.22. The molecule has 0 spiro atoms. The summed E-state index contributed by atoms with van der Waals surface area (Å²) in [6.07, 6.45) is 12.4. The summed E-state index contributed by atoms with van der Waals surface area (Å²) in [5.74, 6) is 1.80. The molecular weight excluding hydrogens is 222 g/mol. The third-order valence-corrected chi connectivity index (χ3v) is 4.01. The molecule has 1 heterocycles. The Balaban J connectivity index is 1.55. The van der Waals surface area contributed by atoms with Gasteiger partial charge in [-0.25, -0.2) is 4.98 Å². The molecule has 0 aliphatic heterocycles. The van der Waals surface area contributed by atoms with Gasteiger partial charge in [0.2, 0.25) is 0 Å². The number of imidazole rings is 1. The van der Waals surface area contributed by atoms with E-state index in [4.69, 9.17) is 0 Å². The lowest BCUT2D eigenvalue weighted by molar-refractivity contribution is 0.238. The first-order chi connectivity index (χ1) is 8.74. The van der Waals surface area contributed by atoms with E-state index in [2.05, 4.69) is 28.7 Å². The van der Waals surface area contributed by atoms with E-state index in [-0.39, 0.29) is 0 Å². The third-order valence-electron chi connectivity index (χ3n) is 4.01. The van der Waals surface area contributed by atoms with Gasteiger partial charge in [0.1, 0.15) is 0 Å². The summed E-state index contributed by atoms with van der Waals surface area (Å²) >= 11 is 0. The summed E-state index contributed by atoms with van der Waals surface area (Å²) in [6, 6.07) is 0.761. The van der Waals surface area contributed by atoms with Gasteiger partial charge < -0.3 is 9.88 Å². The Morgan fingerprint density at radius 3 is 2.61 bits per heavy atom. The van der Waals surface area contributed by atoms with E-state index in [0.29, 0.717) is 0 Å². The van der Waals surface area contributed by atoms with Crippen molar-refractivity contribution in [1.82, 2.24) is 14.9 Å². The maximum atomic E-state index is 4.06. The van der Waals surface area contributed by atoms with Crippen LogP contribution in [0.5, 0.6) is 0 Å². The van der Waals surface area contributed by atoms with Crippen LogP contribution in [0.1, 0.15) is 46.0 Å². The maximum absolute atomic E-state index is 4.06. The normalized spacial score (nSPS) is 28.4. The van der Waals surface area contributed by atoms with Crippen LogP contribution in [-0.2, 0) is 6.54 Å². The average Bonchev–Trinajstić information content (AvgIpc) is 2.80. The zero-order valence-electron chi connectivity index (χ0n) is 11.8. The molecule has 1 aliphatic rings. The molecule has 102 valence electrons. The van der Waals surface area contributed by atoms with Crippen molar-refractivity contribution in [2.24, 2.45) is 11.8 Å². The largest absolute Gasteiger partial charge is 0.337 e. The molecule has 1 N–H and O–H groups in total. The van der Waals surface area contributed by atoms with Crippen LogP contribution >= 0.6 is 0 Å². The van der Waals surface area contributed by atoms with Crippen molar-refractivity contribution in [2.45, 2.75) is 58.5 Å². The predicted octanol–water partition coefficient (Wildman–Crippen LogP) is 3.08. The SMILES string of the molecule is CC1CC(C)CC(NCCCCn2ccnc2)C1. The Morgan fingerprint density at radius 1 is 1.17 bits per heavy atom. The minimum atomic E-state index is 0.761. The summed E-state index contributed by atoms with van der Waals surface area (Å²) < 4.78 is 2.16. The van der Waals surface area contributed by atoms with Gasteiger partial charge in [-0.3, -0.25) is 0 Å². The molecule has 18 heavy (non-hydrogen) atoms. The van der Waals surface area contributed by atoms with Gasteiger partial charge in [0.15, 0.2) is 0 Å². The fourth-order valence-electron chi connectivity index (χ4n) is 3.26. The predicted molar refractivity (Wildman–Crippen MR) is 75.4 cm³/mol. The Morgan fingerprint density at radius 2 is 1.94 bits per heavy atom. The van der Waals surface area contributed by atoms with Gasteiger partial charge >= 0.3 is 0 Å². The van der Waals surface area contributed by atoms with Crippen LogP contribution in [0.4, 0.5) is 0 Å². The van der Waals surface area contributed by atoms with Crippen LogP contribution < -0.4 is 5.32 Å². The molecule has 2 atom stereocenters. The van der Waals surface area contributed by atoms with Crippen molar-refractivity contribution in [3.63, 3.8) is 0 Å². The summed E-state index contributed by atoms with van der Waals surface area (Å²) in [5, 5.41) is 3.74. The second-order valence-corrected chi connectivity index (χ2v) is 6.08. The first kappa shape index (κ1) is 13.6. The van der Waals surface area contributed by atoms with Gasteiger partial charge in [-0.1, -0.05) is 13.8 Å². The van der Waals surface area contributed by atoms with Crippen molar-refractivity contribution in [2.75, 3.05) is 6.54 Å². The van der Waals surface area contributed by atoms with Crippen LogP contribution in [0.3, 0.4) is 0 Å². The van der Waals surface area contributed by atoms with E-state index in [0.717, 1.165) is 24.4 Å². The summed E-state index contributed by atoms with van der Waals surface area (Å²) in [5.41, 5.74) is 0. The fraction of sp³-hybridized carbons (Fsp3) is 0.800. The maximum Gasteiger partial charge on any atom is 0.0945 e. The average molecular weight is 249 g/mol. The number of aromatic nitrogens is 2. The topological polar surface area (TPSA) is 29.9 Å². The van der Waals surface area contributed by atoms with Gasteiger partial charge in [0, 0.05) is 25.0 Å². The molecule has 1 aromatic heterocycles. The van der Waals surface area contributed by atoms with Crippen molar-refractivity contribution < 1.29 is 0 Å². The standard InChI is InChI=1S/C15H27N3/c1-13-9-14(2)11-15(10-13)17-5-3-4-7-18-8-6-16-12-18/h6,8,12-15,17H,3-5,7,9-11H2,1-2H3. The number of unbranched alkanes of at least 4 members (excludes halogenated alkanes) is 1. The van der Waals surface area contributed by atoms with E-state index >= 15 is 0 Å². The molecule has 1 aliphatic carbocycles. The fourth-order valence-corrected chi connectivity index (χ4v) is 3.26. The van der Waals surface area contributed by atoms with E-state index in [1.165, 1.54) is 38.6 Å². The van der Waals surface area contributed by atoms with Gasteiger partial charge in [0.25, 0.3) is 0 Å². The number of nitrogens with one attached hydrogen (secondary N) is 1. The molecule has 1 fully saturated rings. The lowest BCUT2D eigenvalue weighted by Crippen LogP contribution is -2.36. The van der Waals surface area contributed by atoms with E-state index in [1.54, 1.807) is 0 Å². The lowest BCUT2D eigenvalue weighted by atomic mass is 9.80. The lowest BCUT2D eigenvalue weighted by Gasteiger charge is -2.32. The highest BCUT2D eigenvalue weighted by atomic mass is 15.0. The Labute approximate surface area is 111 Å². The number of rotatable bonds is 6. The molecule has 2 unspecified atom stereocenters. The molecule has 3 heteroatoms. The molecule has 0 bridgehead atoms. The van der Waals surface area contributed by atoms with Crippen LogP contribution in [0.25, 0.3) is 0 Å². The summed E-state index contributed by atoms with van der Waals surface area (Å²) in [6.45, 7) is 7.05. The van der Waals surface area contributed by atoms with Crippen LogP contribution in [-0.4, -0.2) is 22.1 Å². The first-order valence-electron chi connectivity index (χ1n) is 7.43. The Bertz CT molecular complexity index is 310. The second-order valence-electron chi connectivity index (χ2n) is 6.08. The second kappa shape index (κ2) is 6.93. The smallest absolute Gasteiger partial charge is 0.0945 e. The molecule has 0 aromatic carbocycles. The minimum absolute atomic E-state index is 0.761. The van der Waals surface area contributed by atoms with Crippen LogP contribution in [0.15, 0.2) is 18.7 Å². The Kier molecular flexibility index (Phi) is 5.24. The van der Waals surface area contributed by atoms with Gasteiger partial charge in [-0.15, -0.1) is 0 Å². The van der Waals surface area contributed by atoms with Crippen molar-refractivity contribution >= 4 is 0 Å². The Hall–Kier alpha value is -0.830. The molecule has 1 saturated carbocycles. The quantitative estimate of drug-likeness (QED) is 0.785. The molecule has 1 aromatic rings. The summed E-state index contributed by atoms with van der Waals surface area (Å²) in [4.78, 5) is 4.06. The molecule has 2 rings (SSSR count). The molecule has 0 radical (unpaired) electrons. The monoisotopic (exact) mass is 249 g/mol. The van der Waals surface area contributed by atoms with E-state index in [1.807, 2.05) is 18.7 Å². The number of hydrogen-bond acceptors (Lipinski definition) is 2. The molecular formula is C15H27N3. The highest BCUT2D eigenvalue weighted by Crippen LogP contribution is 2.28. The van der Waals surface area contributed by atoms with Crippen molar-refractivity contribution in [1.29, 1.82) is 0 Å².